The molecule has 0 aliphatic heterocycles. The summed E-state index contributed by atoms with van der Waals surface area (Å²) in [5.74, 6) is 0. The van der Waals surface area contributed by atoms with Gasteiger partial charge in [-0.1, -0.05) is 83.6 Å². The summed E-state index contributed by atoms with van der Waals surface area (Å²) in [5.41, 5.74) is 4.25. The van der Waals surface area contributed by atoms with Gasteiger partial charge >= 0.3 is 0 Å². The third-order valence-corrected chi connectivity index (χ3v) is 5.08. The second kappa shape index (κ2) is 7.09. The average Bonchev–Trinajstić information content (AvgIpc) is 3.09. The standard InChI is InChI=1S/C21H15ClN2S/c22-17-11-13-18(14-12-17)23-21-24-19(15-7-3-1-4-8-15)20(25-21)16-9-5-2-6-10-16/h1-14H,(H,23,24). The molecular formula is C21H15ClN2S. The van der Waals surface area contributed by atoms with Crippen molar-refractivity contribution in [3.8, 4) is 21.7 Å². The quantitative estimate of drug-likeness (QED) is 0.428. The summed E-state index contributed by atoms with van der Waals surface area (Å²) >= 11 is 7.61. The lowest BCUT2D eigenvalue weighted by molar-refractivity contribution is 1.38. The maximum absolute atomic E-state index is 5.96. The number of halogens is 1. The van der Waals surface area contributed by atoms with Crippen LogP contribution in [0.2, 0.25) is 5.02 Å². The lowest BCUT2D eigenvalue weighted by Gasteiger charge is -2.02. The van der Waals surface area contributed by atoms with Crippen LogP contribution < -0.4 is 5.32 Å². The molecule has 0 spiro atoms. The van der Waals surface area contributed by atoms with Gasteiger partial charge in [0.25, 0.3) is 0 Å². The van der Waals surface area contributed by atoms with Gasteiger partial charge in [0.1, 0.15) is 0 Å². The molecule has 0 atom stereocenters. The molecule has 0 saturated heterocycles. The van der Waals surface area contributed by atoms with E-state index in [2.05, 4.69) is 41.7 Å². The van der Waals surface area contributed by atoms with Crippen LogP contribution in [0.4, 0.5) is 10.8 Å². The first kappa shape index (κ1) is 15.9. The number of nitrogens with one attached hydrogen (secondary N) is 1. The monoisotopic (exact) mass is 362 g/mol. The number of benzene rings is 3. The van der Waals surface area contributed by atoms with Crippen molar-refractivity contribution in [3.05, 3.63) is 90.0 Å². The van der Waals surface area contributed by atoms with E-state index in [4.69, 9.17) is 16.6 Å². The van der Waals surface area contributed by atoms with Crippen molar-refractivity contribution in [1.82, 2.24) is 4.98 Å². The molecule has 25 heavy (non-hydrogen) atoms. The fourth-order valence-corrected chi connectivity index (χ4v) is 3.75. The fourth-order valence-electron chi connectivity index (χ4n) is 2.61. The van der Waals surface area contributed by atoms with Crippen LogP contribution in [0, 0.1) is 0 Å². The minimum atomic E-state index is 0.722. The molecule has 0 amide bonds. The van der Waals surface area contributed by atoms with Crippen LogP contribution in [-0.4, -0.2) is 4.98 Å². The summed E-state index contributed by atoms with van der Waals surface area (Å²) in [4.78, 5) is 6.00. The molecule has 122 valence electrons. The smallest absolute Gasteiger partial charge is 0.188 e. The van der Waals surface area contributed by atoms with Crippen molar-refractivity contribution >= 4 is 33.8 Å². The van der Waals surface area contributed by atoms with Gasteiger partial charge in [0.05, 0.1) is 10.6 Å². The Labute approximate surface area is 155 Å². The number of hydrogen-bond donors (Lipinski definition) is 1. The summed E-state index contributed by atoms with van der Waals surface area (Å²) < 4.78 is 0. The Bertz CT molecular complexity index is 907. The highest BCUT2D eigenvalue weighted by Gasteiger charge is 2.14. The highest BCUT2D eigenvalue weighted by Crippen LogP contribution is 2.39. The molecule has 4 rings (SSSR count). The van der Waals surface area contributed by atoms with Crippen molar-refractivity contribution in [1.29, 1.82) is 0 Å². The van der Waals surface area contributed by atoms with Gasteiger partial charge in [-0.05, 0) is 29.8 Å². The minimum absolute atomic E-state index is 0.722. The van der Waals surface area contributed by atoms with Gasteiger partial charge in [0.2, 0.25) is 0 Å². The van der Waals surface area contributed by atoms with Gasteiger partial charge in [0, 0.05) is 16.3 Å². The van der Waals surface area contributed by atoms with Gasteiger partial charge in [-0.3, -0.25) is 0 Å². The third kappa shape index (κ3) is 3.58. The fraction of sp³-hybridized carbons (Fsp3) is 0. The molecular weight excluding hydrogens is 348 g/mol. The van der Waals surface area contributed by atoms with E-state index in [9.17, 15) is 0 Å². The van der Waals surface area contributed by atoms with Gasteiger partial charge in [-0.25, -0.2) is 4.98 Å². The predicted octanol–water partition coefficient (Wildman–Crippen LogP) is 6.87. The molecule has 2 nitrogen and oxygen atoms in total. The molecule has 1 aromatic heterocycles. The molecule has 0 aliphatic carbocycles. The lowest BCUT2D eigenvalue weighted by atomic mass is 10.1. The van der Waals surface area contributed by atoms with Crippen LogP contribution in [0.25, 0.3) is 21.7 Å². The normalized spacial score (nSPS) is 10.6. The van der Waals surface area contributed by atoms with Gasteiger partial charge in [-0.15, -0.1) is 0 Å². The second-order valence-corrected chi connectivity index (χ2v) is 7.00. The number of nitrogens with zero attached hydrogens (tertiary/aromatic N) is 1. The first-order chi connectivity index (χ1) is 12.3. The number of hydrogen-bond acceptors (Lipinski definition) is 3. The number of anilines is 2. The first-order valence-electron chi connectivity index (χ1n) is 7.94. The Hall–Kier alpha value is -2.62. The van der Waals surface area contributed by atoms with E-state index in [1.54, 1.807) is 11.3 Å². The zero-order chi connectivity index (χ0) is 17.1. The van der Waals surface area contributed by atoms with Crippen LogP contribution >= 0.6 is 22.9 Å². The average molecular weight is 363 g/mol. The first-order valence-corrected chi connectivity index (χ1v) is 9.13. The highest BCUT2D eigenvalue weighted by molar-refractivity contribution is 7.19. The molecule has 4 heteroatoms. The van der Waals surface area contributed by atoms with Crippen LogP contribution in [0.15, 0.2) is 84.9 Å². The summed E-state index contributed by atoms with van der Waals surface area (Å²) in [5, 5.41) is 4.96. The highest BCUT2D eigenvalue weighted by atomic mass is 35.5. The molecule has 0 aliphatic rings. The number of aromatic nitrogens is 1. The van der Waals surface area contributed by atoms with E-state index in [1.165, 1.54) is 5.56 Å². The summed E-state index contributed by atoms with van der Waals surface area (Å²) in [6, 6.07) is 28.3. The minimum Gasteiger partial charge on any atom is -0.332 e. The van der Waals surface area contributed by atoms with Gasteiger partial charge in [-0.2, -0.15) is 0 Å². The largest absolute Gasteiger partial charge is 0.332 e. The topological polar surface area (TPSA) is 24.9 Å². The van der Waals surface area contributed by atoms with Crippen LogP contribution in [0.3, 0.4) is 0 Å². The maximum atomic E-state index is 5.96. The Balaban J connectivity index is 1.77. The van der Waals surface area contributed by atoms with Crippen molar-refractivity contribution in [2.24, 2.45) is 0 Å². The van der Waals surface area contributed by atoms with Crippen molar-refractivity contribution in [2.45, 2.75) is 0 Å². The van der Waals surface area contributed by atoms with E-state index < -0.39 is 0 Å². The molecule has 0 unspecified atom stereocenters. The van der Waals surface area contributed by atoms with E-state index >= 15 is 0 Å². The molecule has 1 heterocycles. The zero-order valence-corrected chi connectivity index (χ0v) is 14.9. The number of rotatable bonds is 4. The van der Waals surface area contributed by atoms with Gasteiger partial charge < -0.3 is 5.32 Å². The van der Waals surface area contributed by atoms with E-state index in [0.29, 0.717) is 0 Å². The van der Waals surface area contributed by atoms with Crippen molar-refractivity contribution in [3.63, 3.8) is 0 Å². The maximum Gasteiger partial charge on any atom is 0.188 e. The molecule has 0 radical (unpaired) electrons. The van der Waals surface area contributed by atoms with E-state index in [-0.39, 0.29) is 0 Å². The zero-order valence-electron chi connectivity index (χ0n) is 13.3. The van der Waals surface area contributed by atoms with Crippen LogP contribution in [0.1, 0.15) is 0 Å². The second-order valence-electron chi connectivity index (χ2n) is 5.56. The third-order valence-electron chi connectivity index (χ3n) is 3.81. The molecule has 0 bridgehead atoms. The predicted molar refractivity (Wildman–Crippen MR) is 108 cm³/mol. The molecule has 3 aromatic carbocycles. The molecule has 0 saturated carbocycles. The lowest BCUT2D eigenvalue weighted by Crippen LogP contribution is -1.89. The molecule has 4 aromatic rings. The number of thiazole rings is 1. The Morgan fingerprint density at radius 1 is 0.720 bits per heavy atom. The summed E-state index contributed by atoms with van der Waals surface area (Å²) in [7, 11) is 0. The van der Waals surface area contributed by atoms with Gasteiger partial charge in [0.15, 0.2) is 5.13 Å². The van der Waals surface area contributed by atoms with E-state index in [1.807, 2.05) is 48.5 Å². The Morgan fingerprint density at radius 3 is 1.96 bits per heavy atom. The Kier molecular flexibility index (Phi) is 4.51. The summed E-state index contributed by atoms with van der Waals surface area (Å²) in [6.07, 6.45) is 0. The Morgan fingerprint density at radius 2 is 1.32 bits per heavy atom. The summed E-state index contributed by atoms with van der Waals surface area (Å²) in [6.45, 7) is 0. The van der Waals surface area contributed by atoms with Crippen LogP contribution in [0.5, 0.6) is 0 Å². The molecule has 1 N–H and O–H groups in total. The van der Waals surface area contributed by atoms with E-state index in [0.717, 1.165) is 32.0 Å². The van der Waals surface area contributed by atoms with Crippen molar-refractivity contribution in [2.75, 3.05) is 5.32 Å². The molecule has 0 fully saturated rings. The van der Waals surface area contributed by atoms with Crippen LogP contribution in [-0.2, 0) is 0 Å². The van der Waals surface area contributed by atoms with Crippen molar-refractivity contribution < 1.29 is 0 Å². The SMILES string of the molecule is Clc1ccc(Nc2nc(-c3ccccc3)c(-c3ccccc3)s2)cc1.